The lowest BCUT2D eigenvalue weighted by molar-refractivity contribution is 0.0289. The fourth-order valence-corrected chi connectivity index (χ4v) is 3.66. The van der Waals surface area contributed by atoms with Gasteiger partial charge in [-0.15, -0.1) is 0 Å². The molecular formula is C15H22ClN3O3S. The molecule has 8 heteroatoms. The smallest absolute Gasteiger partial charge is 0.410 e. The Kier molecular flexibility index (Phi) is 5.62. The summed E-state index contributed by atoms with van der Waals surface area (Å²) in [6.07, 6.45) is 2.05. The van der Waals surface area contributed by atoms with E-state index in [1.165, 1.54) is 0 Å². The van der Waals surface area contributed by atoms with Gasteiger partial charge in [-0.2, -0.15) is 0 Å². The maximum Gasteiger partial charge on any atom is 0.410 e. The average Bonchev–Trinajstić information content (AvgIpc) is 2.88. The van der Waals surface area contributed by atoms with Crippen LogP contribution in [-0.2, 0) is 15.5 Å². The van der Waals surface area contributed by atoms with Gasteiger partial charge in [0.15, 0.2) is 0 Å². The monoisotopic (exact) mass is 359 g/mol. The highest BCUT2D eigenvalue weighted by Gasteiger charge is 2.31. The van der Waals surface area contributed by atoms with Gasteiger partial charge in [0.05, 0.1) is 10.8 Å². The summed E-state index contributed by atoms with van der Waals surface area (Å²) < 4.78 is 17.7. The second-order valence-electron chi connectivity index (χ2n) is 6.72. The molecule has 2 rings (SSSR count). The molecule has 1 amide bonds. The number of aryl methyl sites for hydroxylation is 1. The van der Waals surface area contributed by atoms with E-state index < -0.39 is 16.4 Å². The molecule has 0 N–H and O–H groups in total. The molecule has 1 saturated heterocycles. The molecule has 6 nitrogen and oxygen atoms in total. The summed E-state index contributed by atoms with van der Waals surface area (Å²) in [6.45, 7) is 8.47. The summed E-state index contributed by atoms with van der Waals surface area (Å²) in [4.78, 5) is 21.8. The normalized spacial score (nSPS) is 19.7. The van der Waals surface area contributed by atoms with Gasteiger partial charge in [-0.1, -0.05) is 11.6 Å². The van der Waals surface area contributed by atoms with Crippen molar-refractivity contribution in [1.82, 2.24) is 14.9 Å². The molecule has 1 aliphatic heterocycles. The molecule has 2 unspecified atom stereocenters. The highest BCUT2D eigenvalue weighted by Crippen LogP contribution is 2.22. The van der Waals surface area contributed by atoms with Crippen molar-refractivity contribution in [2.45, 2.75) is 44.9 Å². The van der Waals surface area contributed by atoms with Gasteiger partial charge < -0.3 is 9.64 Å². The van der Waals surface area contributed by atoms with Crippen LogP contribution >= 0.6 is 11.6 Å². The fourth-order valence-electron chi connectivity index (χ4n) is 2.27. The maximum atomic E-state index is 12.4. The van der Waals surface area contributed by atoms with Crippen LogP contribution in [-0.4, -0.2) is 49.6 Å². The van der Waals surface area contributed by atoms with Crippen LogP contribution in [0.5, 0.6) is 0 Å². The predicted octanol–water partition coefficient (Wildman–Crippen LogP) is 2.80. The third-order valence-electron chi connectivity index (χ3n) is 3.42. The van der Waals surface area contributed by atoms with E-state index in [1.54, 1.807) is 18.0 Å². The van der Waals surface area contributed by atoms with E-state index >= 15 is 0 Å². The SMILES string of the molecule is Cc1cnc(S(=O)CC2CCN(C(=O)OC(C)(C)C)C2)nc1Cl. The van der Waals surface area contributed by atoms with E-state index in [0.717, 1.165) is 12.0 Å². The predicted molar refractivity (Wildman–Crippen MR) is 89.0 cm³/mol. The molecule has 0 aliphatic carbocycles. The summed E-state index contributed by atoms with van der Waals surface area (Å²) in [6, 6.07) is 0. The van der Waals surface area contributed by atoms with Crippen molar-refractivity contribution in [3.8, 4) is 0 Å². The Morgan fingerprint density at radius 1 is 1.52 bits per heavy atom. The molecule has 0 saturated carbocycles. The van der Waals surface area contributed by atoms with Gasteiger partial charge in [0, 0.05) is 30.6 Å². The van der Waals surface area contributed by atoms with Crippen LogP contribution in [0.1, 0.15) is 32.8 Å². The number of carbonyl (C=O) groups is 1. The number of aromatic nitrogens is 2. The van der Waals surface area contributed by atoms with Crippen molar-refractivity contribution < 1.29 is 13.7 Å². The lowest BCUT2D eigenvalue weighted by Crippen LogP contribution is -2.35. The van der Waals surface area contributed by atoms with E-state index in [2.05, 4.69) is 9.97 Å². The number of carbonyl (C=O) groups excluding carboxylic acids is 1. The third-order valence-corrected chi connectivity index (χ3v) is 5.18. The second-order valence-corrected chi connectivity index (χ2v) is 8.47. The van der Waals surface area contributed by atoms with E-state index in [-0.39, 0.29) is 17.2 Å². The molecule has 1 aromatic heterocycles. The van der Waals surface area contributed by atoms with Crippen molar-refractivity contribution in [1.29, 1.82) is 0 Å². The zero-order chi connectivity index (χ0) is 17.2. The van der Waals surface area contributed by atoms with Crippen molar-refractivity contribution in [2.75, 3.05) is 18.8 Å². The van der Waals surface area contributed by atoms with E-state index in [9.17, 15) is 9.00 Å². The molecule has 0 aromatic carbocycles. The van der Waals surface area contributed by atoms with Crippen LogP contribution in [0.15, 0.2) is 11.4 Å². The van der Waals surface area contributed by atoms with Crippen molar-refractivity contribution >= 4 is 28.5 Å². The van der Waals surface area contributed by atoms with Crippen molar-refractivity contribution in [3.05, 3.63) is 16.9 Å². The molecule has 1 aliphatic rings. The number of likely N-dealkylation sites (tertiary alicyclic amines) is 1. The molecule has 2 atom stereocenters. The quantitative estimate of drug-likeness (QED) is 0.613. The van der Waals surface area contributed by atoms with E-state index in [1.807, 2.05) is 20.8 Å². The molecule has 128 valence electrons. The Labute approximate surface area is 144 Å². The number of hydrogen-bond donors (Lipinski definition) is 0. The summed E-state index contributed by atoms with van der Waals surface area (Å²) in [7, 11) is -1.32. The Bertz CT molecular complexity index is 618. The lowest BCUT2D eigenvalue weighted by atomic mass is 10.2. The number of nitrogens with zero attached hydrogens (tertiary/aromatic N) is 3. The topological polar surface area (TPSA) is 72.4 Å². The first-order valence-corrected chi connectivity index (χ1v) is 9.21. The Balaban J connectivity index is 1.91. The molecule has 23 heavy (non-hydrogen) atoms. The Hall–Kier alpha value is -1.21. The minimum Gasteiger partial charge on any atom is -0.444 e. The van der Waals surface area contributed by atoms with Crippen molar-refractivity contribution in [3.63, 3.8) is 0 Å². The molecule has 2 heterocycles. The number of amides is 1. The van der Waals surface area contributed by atoms with Crippen LogP contribution in [0.3, 0.4) is 0 Å². The largest absolute Gasteiger partial charge is 0.444 e. The fraction of sp³-hybridized carbons (Fsp3) is 0.667. The lowest BCUT2D eigenvalue weighted by Gasteiger charge is -2.24. The van der Waals surface area contributed by atoms with Crippen LogP contribution < -0.4 is 0 Å². The van der Waals surface area contributed by atoms with Gasteiger partial charge in [0.2, 0.25) is 5.16 Å². The highest BCUT2D eigenvalue weighted by atomic mass is 35.5. The highest BCUT2D eigenvalue weighted by molar-refractivity contribution is 7.84. The van der Waals surface area contributed by atoms with E-state index in [4.69, 9.17) is 16.3 Å². The van der Waals surface area contributed by atoms with Gasteiger partial charge in [-0.05, 0) is 40.0 Å². The summed E-state index contributed by atoms with van der Waals surface area (Å²) in [5.41, 5.74) is 0.245. The van der Waals surface area contributed by atoms with Crippen molar-refractivity contribution in [2.24, 2.45) is 5.92 Å². The Morgan fingerprint density at radius 2 is 2.22 bits per heavy atom. The van der Waals surface area contributed by atoms with Gasteiger partial charge >= 0.3 is 6.09 Å². The first-order valence-electron chi connectivity index (χ1n) is 7.51. The first kappa shape index (κ1) is 18.1. The van der Waals surface area contributed by atoms with Gasteiger partial charge in [0.25, 0.3) is 0 Å². The molecule has 0 bridgehead atoms. The summed E-state index contributed by atoms with van der Waals surface area (Å²) in [5, 5.41) is 0.571. The number of rotatable bonds is 3. The average molecular weight is 360 g/mol. The van der Waals surface area contributed by atoms with Crippen LogP contribution in [0.2, 0.25) is 5.15 Å². The minimum atomic E-state index is -1.32. The summed E-state index contributed by atoms with van der Waals surface area (Å²) in [5.74, 6) is 0.561. The zero-order valence-electron chi connectivity index (χ0n) is 13.8. The number of ether oxygens (including phenoxy) is 1. The van der Waals surface area contributed by atoms with Crippen LogP contribution in [0, 0.1) is 12.8 Å². The molecule has 1 aromatic rings. The summed E-state index contributed by atoms with van der Waals surface area (Å²) >= 11 is 5.95. The van der Waals surface area contributed by atoms with E-state index in [0.29, 0.717) is 24.0 Å². The number of hydrogen-bond acceptors (Lipinski definition) is 5. The van der Waals surface area contributed by atoms with Crippen LogP contribution in [0.4, 0.5) is 4.79 Å². The zero-order valence-corrected chi connectivity index (χ0v) is 15.4. The Morgan fingerprint density at radius 3 is 2.83 bits per heavy atom. The molecule has 1 fully saturated rings. The molecule has 0 spiro atoms. The van der Waals surface area contributed by atoms with Crippen LogP contribution in [0.25, 0.3) is 0 Å². The standard InChI is InChI=1S/C15H22ClN3O3S/c1-10-7-17-13(18-12(10)16)23(21)9-11-5-6-19(8-11)14(20)22-15(2,3)4/h7,11H,5-6,8-9H2,1-4H3. The van der Waals surface area contributed by atoms with Gasteiger partial charge in [-0.3, -0.25) is 4.21 Å². The second kappa shape index (κ2) is 7.13. The third kappa shape index (κ3) is 5.14. The molecular weight excluding hydrogens is 338 g/mol. The maximum absolute atomic E-state index is 12.4. The minimum absolute atomic E-state index is 0.145. The van der Waals surface area contributed by atoms with Gasteiger partial charge in [0.1, 0.15) is 10.8 Å². The number of halogens is 1. The molecule has 0 radical (unpaired) electrons. The van der Waals surface area contributed by atoms with Gasteiger partial charge in [-0.25, -0.2) is 14.8 Å². The first-order chi connectivity index (χ1) is 10.7.